The molecule has 5 heteroatoms. The van der Waals surface area contributed by atoms with Gasteiger partial charge in [0.15, 0.2) is 0 Å². The second-order valence-electron chi connectivity index (χ2n) is 6.01. The third-order valence-electron chi connectivity index (χ3n) is 3.22. The highest BCUT2D eigenvalue weighted by atomic mass is 32.2. The van der Waals surface area contributed by atoms with Crippen molar-refractivity contribution in [2.24, 2.45) is 0 Å². The monoisotopic (exact) mass is 283 g/mol. The first-order valence-electron chi connectivity index (χ1n) is 6.45. The molecule has 0 bridgehead atoms. The molecular formula is C14H21NO3S. The average Bonchev–Trinajstić information content (AvgIpc) is 3.10. The first-order valence-corrected chi connectivity index (χ1v) is 7.93. The maximum Gasteiger partial charge on any atom is 0.244 e. The van der Waals surface area contributed by atoms with Gasteiger partial charge in [0.2, 0.25) is 10.0 Å². The van der Waals surface area contributed by atoms with Gasteiger partial charge in [0.1, 0.15) is 10.6 Å². The zero-order valence-corrected chi connectivity index (χ0v) is 12.7. The van der Waals surface area contributed by atoms with Crippen molar-refractivity contribution in [1.82, 2.24) is 4.72 Å². The molecular weight excluding hydrogens is 262 g/mol. The van der Waals surface area contributed by atoms with Crippen LogP contribution in [-0.2, 0) is 15.4 Å². The van der Waals surface area contributed by atoms with Crippen LogP contribution in [0, 0.1) is 0 Å². The predicted molar refractivity (Wildman–Crippen MR) is 75.0 cm³/mol. The Labute approximate surface area is 115 Å². The molecule has 1 aliphatic rings. The van der Waals surface area contributed by atoms with E-state index in [9.17, 15) is 8.42 Å². The Morgan fingerprint density at radius 1 is 1.26 bits per heavy atom. The fourth-order valence-corrected chi connectivity index (χ4v) is 3.34. The first-order chi connectivity index (χ1) is 8.74. The zero-order chi connectivity index (χ0) is 14.3. The summed E-state index contributed by atoms with van der Waals surface area (Å²) in [5.74, 6) is 0.390. The summed E-state index contributed by atoms with van der Waals surface area (Å²) in [4.78, 5) is 0.231. The number of hydrogen-bond acceptors (Lipinski definition) is 3. The molecule has 1 aliphatic carbocycles. The van der Waals surface area contributed by atoms with Gasteiger partial charge in [-0.05, 0) is 36.0 Å². The van der Waals surface area contributed by atoms with E-state index in [2.05, 4.69) is 25.5 Å². The van der Waals surface area contributed by atoms with Gasteiger partial charge in [0.25, 0.3) is 0 Å². The van der Waals surface area contributed by atoms with E-state index in [0.717, 1.165) is 18.4 Å². The van der Waals surface area contributed by atoms with Crippen LogP contribution in [0.4, 0.5) is 0 Å². The smallest absolute Gasteiger partial charge is 0.244 e. The third-order valence-corrected chi connectivity index (χ3v) is 4.76. The minimum Gasteiger partial charge on any atom is -0.495 e. The molecule has 0 aliphatic heterocycles. The third kappa shape index (κ3) is 3.28. The van der Waals surface area contributed by atoms with Crippen LogP contribution < -0.4 is 9.46 Å². The standard InChI is InChI=1S/C14H21NO3S/c1-14(2,3)10-5-8-12(18-4)13(9-10)19(16,17)15-11-6-7-11/h5,8-9,11,15H,6-7H2,1-4H3. The lowest BCUT2D eigenvalue weighted by molar-refractivity contribution is 0.401. The van der Waals surface area contributed by atoms with E-state index in [-0.39, 0.29) is 16.4 Å². The molecule has 0 heterocycles. The van der Waals surface area contributed by atoms with Crippen LogP contribution in [-0.4, -0.2) is 21.6 Å². The van der Waals surface area contributed by atoms with Gasteiger partial charge in [-0.25, -0.2) is 13.1 Å². The molecule has 106 valence electrons. The van der Waals surface area contributed by atoms with E-state index >= 15 is 0 Å². The molecule has 0 saturated heterocycles. The Hall–Kier alpha value is -1.07. The fourth-order valence-electron chi connectivity index (χ4n) is 1.84. The second kappa shape index (κ2) is 4.80. The number of nitrogens with one attached hydrogen (secondary N) is 1. The number of benzene rings is 1. The van der Waals surface area contributed by atoms with Crippen molar-refractivity contribution in [2.45, 2.75) is 50.0 Å². The number of ether oxygens (including phenoxy) is 1. The SMILES string of the molecule is COc1ccc(C(C)(C)C)cc1S(=O)(=O)NC1CC1. The molecule has 19 heavy (non-hydrogen) atoms. The van der Waals surface area contributed by atoms with Crippen LogP contribution in [0.15, 0.2) is 23.1 Å². The van der Waals surface area contributed by atoms with Crippen LogP contribution in [0.2, 0.25) is 0 Å². The molecule has 1 fully saturated rings. The summed E-state index contributed by atoms with van der Waals surface area (Å²) in [6, 6.07) is 5.44. The van der Waals surface area contributed by atoms with Crippen LogP contribution >= 0.6 is 0 Å². The normalized spacial score (nSPS) is 16.4. The summed E-state index contributed by atoms with van der Waals surface area (Å²) >= 11 is 0. The van der Waals surface area contributed by atoms with Crippen molar-refractivity contribution in [3.05, 3.63) is 23.8 Å². The van der Waals surface area contributed by atoms with Crippen molar-refractivity contribution in [3.8, 4) is 5.75 Å². The van der Waals surface area contributed by atoms with E-state index in [0.29, 0.717) is 5.75 Å². The molecule has 0 aromatic heterocycles. The number of sulfonamides is 1. The Kier molecular flexibility index (Phi) is 3.62. The van der Waals surface area contributed by atoms with Gasteiger partial charge < -0.3 is 4.74 Å². The molecule has 0 spiro atoms. The lowest BCUT2D eigenvalue weighted by Gasteiger charge is -2.21. The van der Waals surface area contributed by atoms with Gasteiger partial charge in [0.05, 0.1) is 7.11 Å². The van der Waals surface area contributed by atoms with Crippen molar-refractivity contribution in [3.63, 3.8) is 0 Å². The van der Waals surface area contributed by atoms with Gasteiger partial charge in [-0.1, -0.05) is 26.8 Å². The van der Waals surface area contributed by atoms with Crippen LogP contribution in [0.5, 0.6) is 5.75 Å². The maximum atomic E-state index is 12.4. The maximum absolute atomic E-state index is 12.4. The highest BCUT2D eigenvalue weighted by Crippen LogP contribution is 2.32. The molecule has 0 unspecified atom stereocenters. The lowest BCUT2D eigenvalue weighted by Crippen LogP contribution is -2.26. The van der Waals surface area contributed by atoms with Crippen molar-refractivity contribution < 1.29 is 13.2 Å². The Morgan fingerprint density at radius 2 is 1.89 bits per heavy atom. The summed E-state index contributed by atoms with van der Waals surface area (Å²) in [5.41, 5.74) is 0.875. The lowest BCUT2D eigenvalue weighted by atomic mass is 9.87. The Bertz CT molecular complexity index is 569. The van der Waals surface area contributed by atoms with Crippen molar-refractivity contribution >= 4 is 10.0 Å². The first kappa shape index (κ1) is 14.3. The van der Waals surface area contributed by atoms with Crippen LogP contribution in [0.25, 0.3) is 0 Å². The molecule has 1 aromatic carbocycles. The molecule has 2 rings (SSSR count). The largest absolute Gasteiger partial charge is 0.495 e. The zero-order valence-electron chi connectivity index (χ0n) is 11.9. The highest BCUT2D eigenvalue weighted by molar-refractivity contribution is 7.89. The average molecular weight is 283 g/mol. The number of hydrogen-bond donors (Lipinski definition) is 1. The Morgan fingerprint density at radius 3 is 2.37 bits per heavy atom. The molecule has 1 aromatic rings. The summed E-state index contributed by atoms with van der Waals surface area (Å²) in [5, 5.41) is 0. The van der Waals surface area contributed by atoms with Gasteiger partial charge in [-0.3, -0.25) is 0 Å². The summed E-state index contributed by atoms with van der Waals surface area (Å²) in [7, 11) is -2.01. The summed E-state index contributed by atoms with van der Waals surface area (Å²) in [6.45, 7) is 6.17. The van der Waals surface area contributed by atoms with Crippen molar-refractivity contribution in [2.75, 3.05) is 7.11 Å². The molecule has 0 radical (unpaired) electrons. The number of rotatable bonds is 4. The van der Waals surface area contributed by atoms with Gasteiger partial charge in [0, 0.05) is 6.04 Å². The summed E-state index contributed by atoms with van der Waals surface area (Å²) in [6.07, 6.45) is 1.83. The van der Waals surface area contributed by atoms with E-state index in [1.807, 2.05) is 6.07 Å². The molecule has 0 amide bonds. The fraction of sp³-hybridized carbons (Fsp3) is 0.571. The Balaban J connectivity index is 2.46. The molecule has 0 atom stereocenters. The van der Waals surface area contributed by atoms with Crippen LogP contribution in [0.1, 0.15) is 39.2 Å². The minimum absolute atomic E-state index is 0.0907. The van der Waals surface area contributed by atoms with Gasteiger partial charge in [-0.15, -0.1) is 0 Å². The number of methoxy groups -OCH3 is 1. The van der Waals surface area contributed by atoms with Crippen LogP contribution in [0.3, 0.4) is 0 Å². The molecule has 4 nitrogen and oxygen atoms in total. The highest BCUT2D eigenvalue weighted by Gasteiger charge is 2.30. The predicted octanol–water partition coefficient (Wildman–Crippen LogP) is 2.43. The van der Waals surface area contributed by atoms with E-state index in [1.54, 1.807) is 12.1 Å². The van der Waals surface area contributed by atoms with Crippen molar-refractivity contribution in [1.29, 1.82) is 0 Å². The van der Waals surface area contributed by atoms with E-state index in [1.165, 1.54) is 7.11 Å². The van der Waals surface area contributed by atoms with Gasteiger partial charge in [-0.2, -0.15) is 0 Å². The topological polar surface area (TPSA) is 55.4 Å². The van der Waals surface area contributed by atoms with E-state index < -0.39 is 10.0 Å². The molecule has 1 N–H and O–H groups in total. The quantitative estimate of drug-likeness (QED) is 0.923. The van der Waals surface area contributed by atoms with E-state index in [4.69, 9.17) is 4.74 Å². The minimum atomic E-state index is -3.50. The molecule has 1 saturated carbocycles. The summed E-state index contributed by atoms with van der Waals surface area (Å²) < 4.78 is 32.6. The second-order valence-corrected chi connectivity index (χ2v) is 7.69. The van der Waals surface area contributed by atoms with Gasteiger partial charge >= 0.3 is 0 Å².